The molecule has 0 saturated carbocycles. The molecule has 1 heterocycles. The minimum Gasteiger partial charge on any atom is -0.352 e. The van der Waals surface area contributed by atoms with Crippen LogP contribution in [0.4, 0.5) is 11.4 Å². The van der Waals surface area contributed by atoms with Crippen molar-refractivity contribution in [3.05, 3.63) is 23.8 Å². The summed E-state index contributed by atoms with van der Waals surface area (Å²) in [5.74, 6) is 0. The van der Waals surface area contributed by atoms with E-state index < -0.39 is 0 Å². The van der Waals surface area contributed by atoms with Gasteiger partial charge in [0.05, 0.1) is 11.4 Å². The molecule has 88 valence electrons. The van der Waals surface area contributed by atoms with Crippen molar-refractivity contribution in [1.82, 2.24) is 0 Å². The normalized spacial score (nSPS) is 20.2. The molecule has 0 saturated heterocycles. The summed E-state index contributed by atoms with van der Waals surface area (Å²) in [5.41, 5.74) is 4.26. The Morgan fingerprint density at radius 1 is 1.00 bits per heavy atom. The van der Waals surface area contributed by atoms with Crippen molar-refractivity contribution in [2.75, 3.05) is 23.9 Å². The van der Waals surface area contributed by atoms with E-state index in [9.17, 15) is 0 Å². The van der Waals surface area contributed by atoms with Gasteiger partial charge < -0.3 is 9.80 Å². The molecule has 0 radical (unpaired) electrons. The minimum absolute atomic E-state index is 0.246. The Morgan fingerprint density at radius 3 is 2.12 bits per heavy atom. The number of rotatable bonds is 0. The number of benzene rings is 1. The maximum Gasteiger partial charge on any atom is 0.106 e. The van der Waals surface area contributed by atoms with Crippen LogP contribution < -0.4 is 9.80 Å². The van der Waals surface area contributed by atoms with Crippen molar-refractivity contribution >= 4 is 11.4 Å². The monoisotopic (exact) mass is 218 g/mol. The molecule has 0 amide bonds. The maximum atomic E-state index is 2.39. The smallest absolute Gasteiger partial charge is 0.106 e. The van der Waals surface area contributed by atoms with Crippen LogP contribution in [0.1, 0.15) is 26.3 Å². The summed E-state index contributed by atoms with van der Waals surface area (Å²) in [7, 11) is 4.38. The minimum atomic E-state index is 0.246. The van der Waals surface area contributed by atoms with Crippen LogP contribution in [-0.4, -0.2) is 20.3 Å². The molecule has 1 unspecified atom stereocenters. The molecule has 0 bridgehead atoms. The van der Waals surface area contributed by atoms with Crippen LogP contribution in [0.3, 0.4) is 0 Å². The van der Waals surface area contributed by atoms with Crippen molar-refractivity contribution in [2.24, 2.45) is 5.41 Å². The van der Waals surface area contributed by atoms with Gasteiger partial charge in [-0.05, 0) is 24.6 Å². The number of aryl methyl sites for hydroxylation is 1. The van der Waals surface area contributed by atoms with Crippen LogP contribution >= 0.6 is 0 Å². The molecule has 16 heavy (non-hydrogen) atoms. The maximum absolute atomic E-state index is 2.39. The average molecular weight is 218 g/mol. The molecule has 2 rings (SSSR count). The van der Waals surface area contributed by atoms with Crippen LogP contribution in [0.2, 0.25) is 0 Å². The molecule has 0 fully saturated rings. The Hall–Kier alpha value is -1.18. The van der Waals surface area contributed by atoms with E-state index in [1.165, 1.54) is 16.9 Å². The summed E-state index contributed by atoms with van der Waals surface area (Å²) < 4.78 is 0. The third-order valence-corrected chi connectivity index (χ3v) is 3.40. The Morgan fingerprint density at radius 2 is 1.56 bits per heavy atom. The van der Waals surface area contributed by atoms with Crippen LogP contribution in [0.15, 0.2) is 18.2 Å². The Balaban J connectivity index is 2.48. The molecule has 2 heteroatoms. The molecule has 1 aromatic carbocycles. The van der Waals surface area contributed by atoms with E-state index in [4.69, 9.17) is 0 Å². The quantitative estimate of drug-likeness (QED) is 0.659. The molecular weight excluding hydrogens is 196 g/mol. The van der Waals surface area contributed by atoms with Gasteiger partial charge in [-0.1, -0.05) is 26.8 Å². The summed E-state index contributed by atoms with van der Waals surface area (Å²) in [6, 6.07) is 6.69. The van der Waals surface area contributed by atoms with Crippen molar-refractivity contribution in [3.8, 4) is 0 Å². The first-order valence-corrected chi connectivity index (χ1v) is 5.88. The molecule has 0 aliphatic carbocycles. The van der Waals surface area contributed by atoms with Gasteiger partial charge in [-0.3, -0.25) is 0 Å². The van der Waals surface area contributed by atoms with Gasteiger partial charge in [0.2, 0.25) is 0 Å². The lowest BCUT2D eigenvalue weighted by Crippen LogP contribution is -2.48. The van der Waals surface area contributed by atoms with Gasteiger partial charge in [0, 0.05) is 19.5 Å². The molecule has 1 aromatic rings. The second kappa shape index (κ2) is 3.41. The fourth-order valence-corrected chi connectivity index (χ4v) is 2.90. The molecule has 0 N–H and O–H groups in total. The van der Waals surface area contributed by atoms with Crippen molar-refractivity contribution < 1.29 is 0 Å². The first kappa shape index (κ1) is 11.3. The highest BCUT2D eigenvalue weighted by atomic mass is 15.4. The summed E-state index contributed by atoms with van der Waals surface area (Å²) in [5, 5.41) is 0. The summed E-state index contributed by atoms with van der Waals surface area (Å²) in [6.45, 7) is 9.04. The number of hydrogen-bond donors (Lipinski definition) is 0. The van der Waals surface area contributed by atoms with Crippen LogP contribution in [-0.2, 0) is 0 Å². The zero-order valence-electron chi connectivity index (χ0n) is 11.2. The van der Waals surface area contributed by atoms with E-state index in [0.29, 0.717) is 6.17 Å². The lowest BCUT2D eigenvalue weighted by atomic mass is 9.91. The lowest BCUT2D eigenvalue weighted by molar-refractivity contribution is 0.317. The van der Waals surface area contributed by atoms with Gasteiger partial charge in [-0.25, -0.2) is 0 Å². The van der Waals surface area contributed by atoms with E-state index in [0.717, 1.165) is 0 Å². The number of hydrogen-bond acceptors (Lipinski definition) is 2. The zero-order valence-corrected chi connectivity index (χ0v) is 11.2. The molecule has 1 atom stereocenters. The second-order valence-electron chi connectivity index (χ2n) is 5.95. The van der Waals surface area contributed by atoms with Gasteiger partial charge in [-0.2, -0.15) is 0 Å². The van der Waals surface area contributed by atoms with Gasteiger partial charge in [0.1, 0.15) is 6.17 Å². The van der Waals surface area contributed by atoms with Crippen LogP contribution in [0.25, 0.3) is 0 Å². The molecule has 1 aliphatic rings. The topological polar surface area (TPSA) is 6.48 Å². The standard InChI is InChI=1S/C14H22N2/c1-10-7-8-11-12(9-10)16(6)13(15(11)5)14(2,3)4/h7-9,13H,1-6H3. The molecular formula is C14H22N2. The highest BCUT2D eigenvalue weighted by Gasteiger charge is 2.38. The average Bonchev–Trinajstić information content (AvgIpc) is 2.38. The Bertz CT molecular complexity index is 404. The van der Waals surface area contributed by atoms with Crippen LogP contribution in [0, 0.1) is 12.3 Å². The third-order valence-electron chi connectivity index (χ3n) is 3.40. The third kappa shape index (κ3) is 1.57. The van der Waals surface area contributed by atoms with E-state index in [2.05, 4.69) is 69.8 Å². The van der Waals surface area contributed by atoms with Gasteiger partial charge in [0.25, 0.3) is 0 Å². The zero-order chi connectivity index (χ0) is 12.1. The highest BCUT2D eigenvalue weighted by molar-refractivity contribution is 5.77. The van der Waals surface area contributed by atoms with Gasteiger partial charge in [-0.15, -0.1) is 0 Å². The van der Waals surface area contributed by atoms with E-state index in [1.807, 2.05) is 0 Å². The van der Waals surface area contributed by atoms with E-state index >= 15 is 0 Å². The Kier molecular flexibility index (Phi) is 2.41. The summed E-state index contributed by atoms with van der Waals surface area (Å²) in [4.78, 5) is 4.77. The SMILES string of the molecule is Cc1ccc2c(c1)N(C)C(C(C)(C)C)N2C. The highest BCUT2D eigenvalue weighted by Crippen LogP contribution is 2.43. The van der Waals surface area contributed by atoms with E-state index in [-0.39, 0.29) is 5.41 Å². The van der Waals surface area contributed by atoms with Crippen molar-refractivity contribution in [2.45, 2.75) is 33.9 Å². The second-order valence-corrected chi connectivity index (χ2v) is 5.95. The van der Waals surface area contributed by atoms with Crippen LogP contribution in [0.5, 0.6) is 0 Å². The fourth-order valence-electron chi connectivity index (χ4n) is 2.90. The van der Waals surface area contributed by atoms with Gasteiger partial charge >= 0.3 is 0 Å². The first-order valence-electron chi connectivity index (χ1n) is 5.88. The number of anilines is 2. The Labute approximate surface area is 98.9 Å². The molecule has 2 nitrogen and oxygen atoms in total. The lowest BCUT2D eigenvalue weighted by Gasteiger charge is -2.38. The molecule has 0 aromatic heterocycles. The predicted molar refractivity (Wildman–Crippen MR) is 71.2 cm³/mol. The predicted octanol–water partition coefficient (Wildman–Crippen LogP) is 3.25. The van der Waals surface area contributed by atoms with Gasteiger partial charge in [0.15, 0.2) is 0 Å². The summed E-state index contributed by atoms with van der Waals surface area (Å²) >= 11 is 0. The fraction of sp³-hybridized carbons (Fsp3) is 0.571. The van der Waals surface area contributed by atoms with Crippen molar-refractivity contribution in [3.63, 3.8) is 0 Å². The first-order chi connectivity index (χ1) is 7.32. The number of fused-ring (bicyclic) bond motifs is 1. The largest absolute Gasteiger partial charge is 0.352 e. The summed E-state index contributed by atoms with van der Waals surface area (Å²) in [6.07, 6.45) is 0.435. The van der Waals surface area contributed by atoms with E-state index in [1.54, 1.807) is 0 Å². The molecule has 0 spiro atoms. The van der Waals surface area contributed by atoms with Crippen molar-refractivity contribution in [1.29, 1.82) is 0 Å². The molecule has 1 aliphatic heterocycles. The number of nitrogens with zero attached hydrogens (tertiary/aromatic N) is 2.